The molecule has 1 N–H and O–H groups in total. The summed E-state index contributed by atoms with van der Waals surface area (Å²) < 4.78 is 1.99. The summed E-state index contributed by atoms with van der Waals surface area (Å²) in [6, 6.07) is 11.9. The number of pyridine rings is 1. The second-order valence-electron chi connectivity index (χ2n) is 5.86. The standard InChI is InChI=1S/C19H21N5OS/c1-3-9-21-17(25)13-26-19-23-22-18(15-7-10-20-11-8-15)24(19)16-6-4-5-14(2)12-16/h4-8,10-12H,3,9,13H2,1-2H3,(H,21,25). The Labute approximate surface area is 157 Å². The van der Waals surface area contributed by atoms with Gasteiger partial charge in [-0.15, -0.1) is 10.2 Å². The predicted octanol–water partition coefficient (Wildman–Crippen LogP) is 3.26. The first-order valence-electron chi connectivity index (χ1n) is 8.51. The molecule has 0 aliphatic rings. The molecule has 2 heterocycles. The zero-order valence-corrected chi connectivity index (χ0v) is 15.7. The van der Waals surface area contributed by atoms with E-state index in [9.17, 15) is 4.79 Å². The number of aromatic nitrogens is 4. The van der Waals surface area contributed by atoms with Crippen LogP contribution in [-0.2, 0) is 4.79 Å². The molecule has 1 aromatic carbocycles. The predicted molar refractivity (Wildman–Crippen MR) is 103 cm³/mol. The van der Waals surface area contributed by atoms with Crippen LogP contribution in [0.4, 0.5) is 0 Å². The van der Waals surface area contributed by atoms with Gasteiger partial charge < -0.3 is 5.32 Å². The largest absolute Gasteiger partial charge is 0.355 e. The average Bonchev–Trinajstić information content (AvgIpc) is 3.09. The molecule has 134 valence electrons. The minimum Gasteiger partial charge on any atom is -0.355 e. The van der Waals surface area contributed by atoms with Crippen molar-refractivity contribution in [2.24, 2.45) is 0 Å². The number of thioether (sulfide) groups is 1. The smallest absolute Gasteiger partial charge is 0.230 e. The van der Waals surface area contributed by atoms with Gasteiger partial charge >= 0.3 is 0 Å². The summed E-state index contributed by atoms with van der Waals surface area (Å²) in [6.45, 7) is 4.76. The van der Waals surface area contributed by atoms with E-state index in [4.69, 9.17) is 0 Å². The Hall–Kier alpha value is -2.67. The molecule has 0 saturated heterocycles. The van der Waals surface area contributed by atoms with E-state index in [-0.39, 0.29) is 5.91 Å². The van der Waals surface area contributed by atoms with Crippen LogP contribution < -0.4 is 5.32 Å². The Morgan fingerprint density at radius 2 is 2.00 bits per heavy atom. The molecule has 0 bridgehead atoms. The number of aryl methyl sites for hydroxylation is 1. The SMILES string of the molecule is CCCNC(=O)CSc1nnc(-c2ccncc2)n1-c1cccc(C)c1. The molecular formula is C19H21N5OS. The van der Waals surface area contributed by atoms with E-state index in [1.54, 1.807) is 12.4 Å². The van der Waals surface area contributed by atoms with Crippen LogP contribution in [0.15, 0.2) is 53.9 Å². The number of benzene rings is 1. The molecular weight excluding hydrogens is 346 g/mol. The summed E-state index contributed by atoms with van der Waals surface area (Å²) in [5, 5.41) is 12.3. The zero-order valence-electron chi connectivity index (χ0n) is 14.8. The lowest BCUT2D eigenvalue weighted by molar-refractivity contribution is -0.118. The van der Waals surface area contributed by atoms with Crippen molar-refractivity contribution in [2.45, 2.75) is 25.4 Å². The molecule has 0 fully saturated rings. The monoisotopic (exact) mass is 367 g/mol. The van der Waals surface area contributed by atoms with E-state index in [1.807, 2.05) is 48.7 Å². The number of hydrogen-bond acceptors (Lipinski definition) is 5. The third kappa shape index (κ3) is 4.29. The lowest BCUT2D eigenvalue weighted by atomic mass is 10.2. The van der Waals surface area contributed by atoms with Crippen LogP contribution in [0.1, 0.15) is 18.9 Å². The highest BCUT2D eigenvalue weighted by atomic mass is 32.2. The van der Waals surface area contributed by atoms with Crippen molar-refractivity contribution >= 4 is 17.7 Å². The zero-order chi connectivity index (χ0) is 18.4. The van der Waals surface area contributed by atoms with Gasteiger partial charge in [0.1, 0.15) is 0 Å². The van der Waals surface area contributed by atoms with Gasteiger partial charge in [0.05, 0.1) is 5.75 Å². The molecule has 0 atom stereocenters. The quantitative estimate of drug-likeness (QED) is 0.649. The molecule has 0 radical (unpaired) electrons. The second-order valence-corrected chi connectivity index (χ2v) is 6.80. The third-order valence-corrected chi connectivity index (χ3v) is 4.67. The topological polar surface area (TPSA) is 72.7 Å². The molecule has 26 heavy (non-hydrogen) atoms. The first-order chi connectivity index (χ1) is 12.7. The van der Waals surface area contributed by atoms with Crippen LogP contribution in [0, 0.1) is 6.92 Å². The normalized spacial score (nSPS) is 10.7. The molecule has 3 rings (SSSR count). The van der Waals surface area contributed by atoms with Crippen molar-refractivity contribution < 1.29 is 4.79 Å². The van der Waals surface area contributed by atoms with Gasteiger partial charge in [-0.3, -0.25) is 14.3 Å². The summed E-state index contributed by atoms with van der Waals surface area (Å²) in [4.78, 5) is 16.0. The van der Waals surface area contributed by atoms with Gasteiger partial charge in [-0.25, -0.2) is 0 Å². The molecule has 0 aliphatic carbocycles. The summed E-state index contributed by atoms with van der Waals surface area (Å²) in [5.74, 6) is 1.04. The maximum Gasteiger partial charge on any atom is 0.230 e. The lowest BCUT2D eigenvalue weighted by Gasteiger charge is -2.11. The van der Waals surface area contributed by atoms with Crippen LogP contribution in [0.2, 0.25) is 0 Å². The molecule has 0 unspecified atom stereocenters. The maximum absolute atomic E-state index is 12.0. The van der Waals surface area contributed by atoms with Gasteiger partial charge in [-0.05, 0) is 43.2 Å². The molecule has 1 amide bonds. The fourth-order valence-corrected chi connectivity index (χ4v) is 3.28. The summed E-state index contributed by atoms with van der Waals surface area (Å²) in [7, 11) is 0. The number of hydrogen-bond donors (Lipinski definition) is 1. The Morgan fingerprint density at radius 3 is 2.73 bits per heavy atom. The Bertz CT molecular complexity index is 879. The van der Waals surface area contributed by atoms with E-state index in [1.165, 1.54) is 11.8 Å². The van der Waals surface area contributed by atoms with Crippen LogP contribution in [0.3, 0.4) is 0 Å². The van der Waals surface area contributed by atoms with E-state index in [0.29, 0.717) is 17.5 Å². The van der Waals surface area contributed by atoms with E-state index < -0.39 is 0 Å². The Kier molecular flexibility index (Phi) is 6.01. The van der Waals surface area contributed by atoms with Crippen LogP contribution >= 0.6 is 11.8 Å². The first kappa shape index (κ1) is 18.1. The highest BCUT2D eigenvalue weighted by molar-refractivity contribution is 7.99. The van der Waals surface area contributed by atoms with Crippen molar-refractivity contribution in [3.8, 4) is 17.1 Å². The number of carbonyl (C=O) groups is 1. The van der Waals surface area contributed by atoms with Gasteiger partial charge in [0.15, 0.2) is 11.0 Å². The van der Waals surface area contributed by atoms with Crippen molar-refractivity contribution in [3.05, 3.63) is 54.4 Å². The Balaban J connectivity index is 1.95. The Morgan fingerprint density at radius 1 is 1.19 bits per heavy atom. The lowest BCUT2D eigenvalue weighted by Crippen LogP contribution is -2.25. The molecule has 2 aromatic heterocycles. The van der Waals surface area contributed by atoms with Gasteiger partial charge in [-0.1, -0.05) is 30.8 Å². The van der Waals surface area contributed by atoms with Gasteiger partial charge in [0, 0.05) is 30.2 Å². The number of amides is 1. The molecule has 0 spiro atoms. The number of rotatable bonds is 7. The van der Waals surface area contributed by atoms with Gasteiger partial charge in [-0.2, -0.15) is 0 Å². The van der Waals surface area contributed by atoms with Crippen molar-refractivity contribution in [3.63, 3.8) is 0 Å². The van der Waals surface area contributed by atoms with Gasteiger partial charge in [0.25, 0.3) is 0 Å². The highest BCUT2D eigenvalue weighted by Gasteiger charge is 2.17. The second kappa shape index (κ2) is 8.62. The van der Waals surface area contributed by atoms with Crippen LogP contribution in [0.5, 0.6) is 0 Å². The maximum atomic E-state index is 12.0. The highest BCUT2D eigenvalue weighted by Crippen LogP contribution is 2.27. The van der Waals surface area contributed by atoms with E-state index >= 15 is 0 Å². The summed E-state index contributed by atoms with van der Waals surface area (Å²) in [5.41, 5.74) is 3.04. The van der Waals surface area contributed by atoms with Crippen LogP contribution in [0.25, 0.3) is 17.1 Å². The number of nitrogens with zero attached hydrogens (tertiary/aromatic N) is 4. The average molecular weight is 367 g/mol. The molecule has 7 heteroatoms. The van der Waals surface area contributed by atoms with Crippen LogP contribution in [-0.4, -0.2) is 38.0 Å². The number of nitrogens with one attached hydrogen (secondary N) is 1. The minimum atomic E-state index is 0.00102. The van der Waals surface area contributed by atoms with Crippen molar-refractivity contribution in [1.29, 1.82) is 0 Å². The van der Waals surface area contributed by atoms with Crippen molar-refractivity contribution in [2.75, 3.05) is 12.3 Å². The fraction of sp³-hybridized carbons (Fsp3) is 0.263. The molecule has 3 aromatic rings. The molecule has 6 nitrogen and oxygen atoms in total. The summed E-state index contributed by atoms with van der Waals surface area (Å²) >= 11 is 1.38. The van der Waals surface area contributed by atoms with E-state index in [0.717, 1.165) is 29.1 Å². The first-order valence-corrected chi connectivity index (χ1v) is 9.50. The molecule has 0 saturated carbocycles. The van der Waals surface area contributed by atoms with Gasteiger partial charge in [0.2, 0.25) is 5.91 Å². The van der Waals surface area contributed by atoms with Crippen molar-refractivity contribution in [1.82, 2.24) is 25.1 Å². The summed E-state index contributed by atoms with van der Waals surface area (Å²) in [6.07, 6.45) is 4.38. The van der Waals surface area contributed by atoms with E-state index in [2.05, 4.69) is 26.6 Å². The fourth-order valence-electron chi connectivity index (χ4n) is 2.50. The number of carbonyl (C=O) groups excluding carboxylic acids is 1. The minimum absolute atomic E-state index is 0.00102. The third-order valence-electron chi connectivity index (χ3n) is 3.74. The molecule has 0 aliphatic heterocycles.